The number of amides is 2. The summed E-state index contributed by atoms with van der Waals surface area (Å²) < 4.78 is 5.42. The van der Waals surface area contributed by atoms with Crippen molar-refractivity contribution in [2.75, 3.05) is 17.2 Å². The van der Waals surface area contributed by atoms with E-state index in [1.165, 1.54) is 0 Å². The second-order valence-electron chi connectivity index (χ2n) is 4.92. The predicted octanol–water partition coefficient (Wildman–Crippen LogP) is 4.70. The third-order valence-electron chi connectivity index (χ3n) is 3.30. The second-order valence-corrected chi connectivity index (χ2v) is 4.92. The van der Waals surface area contributed by atoms with Gasteiger partial charge in [-0.2, -0.15) is 0 Å². The number of aromatic nitrogens is 1. The van der Waals surface area contributed by atoms with E-state index < -0.39 is 0 Å². The van der Waals surface area contributed by atoms with Gasteiger partial charge in [0.25, 0.3) is 0 Å². The van der Waals surface area contributed by atoms with Crippen molar-refractivity contribution in [2.24, 2.45) is 0 Å². The van der Waals surface area contributed by atoms with Crippen LogP contribution < -0.4 is 15.4 Å². The molecule has 124 valence electrons. The molecule has 3 rings (SSSR count). The molecule has 24 heavy (non-hydrogen) atoms. The number of ether oxygens (including phenoxy) is 1. The molecular weight excluding hydrogens is 326 g/mol. The third kappa shape index (κ3) is 4.14. The summed E-state index contributed by atoms with van der Waals surface area (Å²) in [6, 6.07) is 16.4. The molecule has 5 nitrogen and oxygen atoms in total. The van der Waals surface area contributed by atoms with Crippen LogP contribution in [0.3, 0.4) is 0 Å². The molecule has 0 spiro atoms. The van der Waals surface area contributed by atoms with Crippen molar-refractivity contribution in [3.8, 4) is 5.75 Å². The molecule has 0 atom stereocenters. The molecule has 3 aromatic rings. The Morgan fingerprint density at radius 2 is 1.92 bits per heavy atom. The molecule has 2 amide bonds. The van der Waals surface area contributed by atoms with Crippen LogP contribution in [0, 0.1) is 0 Å². The lowest BCUT2D eigenvalue weighted by molar-refractivity contribution is 0.262. The lowest BCUT2D eigenvalue weighted by Gasteiger charge is -2.10. The van der Waals surface area contributed by atoms with Crippen LogP contribution in [0.15, 0.2) is 60.8 Å². The van der Waals surface area contributed by atoms with E-state index in [0.717, 1.165) is 16.7 Å². The number of rotatable bonds is 4. The number of benzene rings is 2. The van der Waals surface area contributed by atoms with Gasteiger partial charge in [0.1, 0.15) is 5.75 Å². The van der Waals surface area contributed by atoms with Crippen LogP contribution >= 0.6 is 12.4 Å². The van der Waals surface area contributed by atoms with Crippen molar-refractivity contribution < 1.29 is 9.53 Å². The van der Waals surface area contributed by atoms with E-state index in [9.17, 15) is 4.79 Å². The highest BCUT2D eigenvalue weighted by Gasteiger charge is 2.07. The molecule has 1 aromatic heterocycles. The summed E-state index contributed by atoms with van der Waals surface area (Å²) in [7, 11) is 0. The van der Waals surface area contributed by atoms with Gasteiger partial charge in [0.15, 0.2) is 0 Å². The first kappa shape index (κ1) is 17.6. The molecular formula is C18H18ClN3O2. The van der Waals surface area contributed by atoms with E-state index in [-0.39, 0.29) is 18.4 Å². The van der Waals surface area contributed by atoms with Gasteiger partial charge in [-0.15, -0.1) is 12.4 Å². The number of hydrogen-bond donors (Lipinski definition) is 2. The molecule has 0 fully saturated rings. The topological polar surface area (TPSA) is 63.2 Å². The number of urea groups is 1. The summed E-state index contributed by atoms with van der Waals surface area (Å²) >= 11 is 0. The SMILES string of the molecule is CCOc1cccc(NC(=O)Nc2ccnc3ccccc23)c1.Cl. The normalized spacial score (nSPS) is 9.88. The van der Waals surface area contributed by atoms with Crippen LogP contribution in [0.2, 0.25) is 0 Å². The van der Waals surface area contributed by atoms with E-state index in [1.54, 1.807) is 18.3 Å². The zero-order valence-corrected chi connectivity index (χ0v) is 14.0. The van der Waals surface area contributed by atoms with Crippen molar-refractivity contribution in [2.45, 2.75) is 6.92 Å². The predicted molar refractivity (Wildman–Crippen MR) is 99.2 cm³/mol. The molecule has 6 heteroatoms. The number of carbonyl (C=O) groups excluding carboxylic acids is 1. The Kier molecular flexibility index (Phi) is 5.98. The Hall–Kier alpha value is -2.79. The number of pyridine rings is 1. The Morgan fingerprint density at radius 1 is 1.08 bits per heavy atom. The fraction of sp³-hybridized carbons (Fsp3) is 0.111. The Labute approximate surface area is 146 Å². The standard InChI is InChI=1S/C18H17N3O2.ClH/c1-2-23-14-7-5-6-13(12-14)20-18(22)21-17-10-11-19-16-9-4-3-8-15(16)17;/h3-12H,2H2,1H3,(H2,19,20,21,22);1H. The fourth-order valence-corrected chi connectivity index (χ4v) is 2.32. The average Bonchev–Trinajstić information content (AvgIpc) is 2.56. The number of nitrogens with zero attached hydrogens (tertiary/aromatic N) is 1. The molecule has 0 saturated heterocycles. The number of anilines is 2. The zero-order valence-electron chi connectivity index (χ0n) is 13.2. The first-order valence-electron chi connectivity index (χ1n) is 7.41. The number of para-hydroxylation sites is 1. The minimum absolute atomic E-state index is 0. The Morgan fingerprint density at radius 3 is 2.75 bits per heavy atom. The van der Waals surface area contributed by atoms with Gasteiger partial charge in [-0.05, 0) is 31.2 Å². The molecule has 0 saturated carbocycles. The van der Waals surface area contributed by atoms with Gasteiger partial charge in [-0.1, -0.05) is 24.3 Å². The average molecular weight is 344 g/mol. The van der Waals surface area contributed by atoms with Gasteiger partial charge in [0.05, 0.1) is 17.8 Å². The molecule has 2 aromatic carbocycles. The van der Waals surface area contributed by atoms with Crippen molar-refractivity contribution in [3.05, 3.63) is 60.8 Å². The van der Waals surface area contributed by atoms with Crippen molar-refractivity contribution >= 4 is 40.7 Å². The van der Waals surface area contributed by atoms with Crippen molar-refractivity contribution in [1.82, 2.24) is 4.98 Å². The highest BCUT2D eigenvalue weighted by Crippen LogP contribution is 2.22. The van der Waals surface area contributed by atoms with Crippen molar-refractivity contribution in [1.29, 1.82) is 0 Å². The van der Waals surface area contributed by atoms with Crippen LogP contribution in [-0.2, 0) is 0 Å². The number of carbonyl (C=O) groups is 1. The maximum absolute atomic E-state index is 12.2. The van der Waals surface area contributed by atoms with Crippen LogP contribution in [0.1, 0.15) is 6.92 Å². The number of hydrogen-bond acceptors (Lipinski definition) is 3. The van der Waals surface area contributed by atoms with Crippen LogP contribution in [0.5, 0.6) is 5.75 Å². The van der Waals surface area contributed by atoms with Crippen molar-refractivity contribution in [3.63, 3.8) is 0 Å². The number of fused-ring (bicyclic) bond motifs is 1. The van der Waals surface area contributed by atoms with Crippen LogP contribution in [0.4, 0.5) is 16.2 Å². The number of halogens is 1. The summed E-state index contributed by atoms with van der Waals surface area (Å²) in [6.07, 6.45) is 1.67. The molecule has 0 aliphatic heterocycles. The third-order valence-corrected chi connectivity index (χ3v) is 3.30. The summed E-state index contributed by atoms with van der Waals surface area (Å²) in [5.74, 6) is 0.722. The molecule has 0 aliphatic rings. The van der Waals surface area contributed by atoms with E-state index >= 15 is 0 Å². The van der Waals surface area contributed by atoms with E-state index in [4.69, 9.17) is 4.74 Å². The van der Waals surface area contributed by atoms with E-state index in [0.29, 0.717) is 18.0 Å². The van der Waals surface area contributed by atoms with E-state index in [2.05, 4.69) is 15.6 Å². The molecule has 0 radical (unpaired) electrons. The quantitative estimate of drug-likeness (QED) is 0.721. The van der Waals surface area contributed by atoms with Gasteiger partial charge in [0.2, 0.25) is 0 Å². The highest BCUT2D eigenvalue weighted by molar-refractivity contribution is 6.05. The first-order chi connectivity index (χ1) is 11.3. The highest BCUT2D eigenvalue weighted by atomic mass is 35.5. The summed E-state index contributed by atoms with van der Waals surface area (Å²) in [5.41, 5.74) is 2.23. The van der Waals surface area contributed by atoms with Crippen LogP contribution in [-0.4, -0.2) is 17.6 Å². The van der Waals surface area contributed by atoms with E-state index in [1.807, 2.05) is 49.4 Å². The minimum atomic E-state index is -0.310. The summed E-state index contributed by atoms with van der Waals surface area (Å²) in [6.45, 7) is 2.50. The first-order valence-corrected chi connectivity index (χ1v) is 7.41. The molecule has 0 bridgehead atoms. The maximum atomic E-state index is 12.2. The van der Waals surface area contributed by atoms with Gasteiger partial charge < -0.3 is 15.4 Å². The second kappa shape index (κ2) is 8.17. The molecule has 0 unspecified atom stereocenters. The smallest absolute Gasteiger partial charge is 0.323 e. The summed E-state index contributed by atoms with van der Waals surface area (Å²) in [5, 5.41) is 6.55. The lowest BCUT2D eigenvalue weighted by Crippen LogP contribution is -2.19. The Balaban J connectivity index is 0.00000208. The van der Waals surface area contributed by atoms with Gasteiger partial charge in [0, 0.05) is 23.3 Å². The Bertz CT molecular complexity index is 834. The van der Waals surface area contributed by atoms with Gasteiger partial charge in [-0.25, -0.2) is 4.79 Å². The molecule has 2 N–H and O–H groups in total. The lowest BCUT2D eigenvalue weighted by atomic mass is 10.2. The maximum Gasteiger partial charge on any atom is 0.323 e. The minimum Gasteiger partial charge on any atom is -0.494 e. The fourth-order valence-electron chi connectivity index (χ4n) is 2.32. The molecule has 1 heterocycles. The van der Waals surface area contributed by atoms with Gasteiger partial charge >= 0.3 is 6.03 Å². The number of nitrogens with one attached hydrogen (secondary N) is 2. The molecule has 0 aliphatic carbocycles. The summed E-state index contributed by atoms with van der Waals surface area (Å²) in [4.78, 5) is 16.5. The van der Waals surface area contributed by atoms with Gasteiger partial charge in [-0.3, -0.25) is 4.98 Å². The largest absolute Gasteiger partial charge is 0.494 e. The van der Waals surface area contributed by atoms with Crippen LogP contribution in [0.25, 0.3) is 10.9 Å². The zero-order chi connectivity index (χ0) is 16.1. The monoisotopic (exact) mass is 343 g/mol.